The summed E-state index contributed by atoms with van der Waals surface area (Å²) >= 11 is 0. The molecule has 0 aliphatic heterocycles. The molecule has 0 bridgehead atoms. The van der Waals surface area contributed by atoms with Gasteiger partial charge in [0.05, 0.1) is 11.5 Å². The normalized spacial score (nSPS) is 10.5. The van der Waals surface area contributed by atoms with Gasteiger partial charge in [-0.25, -0.2) is 9.78 Å². The summed E-state index contributed by atoms with van der Waals surface area (Å²) in [6, 6.07) is 10.6. The van der Waals surface area contributed by atoms with Gasteiger partial charge in [0.2, 0.25) is 0 Å². The van der Waals surface area contributed by atoms with Gasteiger partial charge in [0.15, 0.2) is 11.4 Å². The number of aromatic nitrogens is 2. The minimum Gasteiger partial charge on any atom is -0.462 e. The lowest BCUT2D eigenvalue weighted by Crippen LogP contribution is -2.26. The van der Waals surface area contributed by atoms with Gasteiger partial charge in [-0.05, 0) is 25.1 Å². The summed E-state index contributed by atoms with van der Waals surface area (Å²) in [6.45, 7) is 1.71. The van der Waals surface area contributed by atoms with Crippen LogP contribution in [0.15, 0.2) is 53.5 Å². The summed E-state index contributed by atoms with van der Waals surface area (Å²) in [5.41, 5.74) is -0.371. The Morgan fingerprint density at radius 2 is 2.12 bits per heavy atom. The first-order chi connectivity index (χ1) is 12.5. The molecule has 0 amide bonds. The number of nitro benzene ring substituents is 1. The van der Waals surface area contributed by atoms with Gasteiger partial charge in [-0.2, -0.15) is 0 Å². The first kappa shape index (κ1) is 17.1. The summed E-state index contributed by atoms with van der Waals surface area (Å²) in [7, 11) is 0. The molecule has 2 aromatic heterocycles. The molecule has 0 aliphatic rings. The van der Waals surface area contributed by atoms with Crippen molar-refractivity contribution in [3.63, 3.8) is 0 Å². The number of esters is 1. The van der Waals surface area contributed by atoms with Crippen molar-refractivity contribution in [1.29, 1.82) is 0 Å². The molecule has 1 aromatic carbocycles. The van der Waals surface area contributed by atoms with Crippen molar-refractivity contribution < 1.29 is 14.5 Å². The fourth-order valence-corrected chi connectivity index (χ4v) is 2.40. The summed E-state index contributed by atoms with van der Waals surface area (Å²) < 4.78 is 6.18. The third-order valence-electron chi connectivity index (χ3n) is 3.53. The second-order valence-corrected chi connectivity index (χ2v) is 5.22. The lowest BCUT2D eigenvalue weighted by molar-refractivity contribution is -0.384. The van der Waals surface area contributed by atoms with E-state index in [1.54, 1.807) is 31.2 Å². The molecule has 0 saturated carbocycles. The van der Waals surface area contributed by atoms with Gasteiger partial charge in [0, 0.05) is 24.0 Å². The van der Waals surface area contributed by atoms with Crippen molar-refractivity contribution in [1.82, 2.24) is 9.38 Å². The second-order valence-electron chi connectivity index (χ2n) is 5.22. The van der Waals surface area contributed by atoms with Crippen LogP contribution in [0.1, 0.15) is 17.3 Å². The Hall–Kier alpha value is -3.75. The standard InChI is InChI=1S/C17H14N4O5/c1-2-26-17(23)14-15(18-11-6-5-7-12(10-11)21(24)25)19-13-8-3-4-9-20(13)16(14)22/h3-10,18H,2H2,1H3. The van der Waals surface area contributed by atoms with Crippen LogP contribution in [0.4, 0.5) is 17.2 Å². The summed E-state index contributed by atoms with van der Waals surface area (Å²) in [4.78, 5) is 39.7. The van der Waals surface area contributed by atoms with Crippen molar-refractivity contribution in [2.24, 2.45) is 0 Å². The zero-order valence-corrected chi connectivity index (χ0v) is 13.7. The molecule has 3 aromatic rings. The minimum absolute atomic E-state index is 0.0276. The van der Waals surface area contributed by atoms with Crippen molar-refractivity contribution in [3.05, 3.63) is 74.7 Å². The molecule has 0 aliphatic carbocycles. The Morgan fingerprint density at radius 3 is 2.85 bits per heavy atom. The Labute approximate surface area is 147 Å². The number of anilines is 2. The lowest BCUT2D eigenvalue weighted by atomic mass is 10.2. The maximum Gasteiger partial charge on any atom is 0.347 e. The van der Waals surface area contributed by atoms with E-state index in [-0.39, 0.29) is 23.7 Å². The molecule has 0 unspecified atom stereocenters. The van der Waals surface area contributed by atoms with E-state index in [0.29, 0.717) is 11.3 Å². The van der Waals surface area contributed by atoms with Crippen LogP contribution in [0, 0.1) is 10.1 Å². The number of non-ortho nitro benzene ring substituents is 1. The van der Waals surface area contributed by atoms with Crippen LogP contribution in [0.5, 0.6) is 0 Å². The molecule has 1 N–H and O–H groups in total. The van der Waals surface area contributed by atoms with E-state index in [1.165, 1.54) is 28.8 Å². The van der Waals surface area contributed by atoms with Gasteiger partial charge in [0.1, 0.15) is 5.65 Å². The third-order valence-corrected chi connectivity index (χ3v) is 3.53. The number of benzene rings is 1. The highest BCUT2D eigenvalue weighted by atomic mass is 16.6. The van der Waals surface area contributed by atoms with Gasteiger partial charge in [-0.15, -0.1) is 0 Å². The van der Waals surface area contributed by atoms with Crippen LogP contribution in [-0.4, -0.2) is 26.9 Å². The van der Waals surface area contributed by atoms with Crippen molar-refractivity contribution in [2.75, 3.05) is 11.9 Å². The van der Waals surface area contributed by atoms with Crippen LogP contribution in [0.25, 0.3) is 5.65 Å². The Morgan fingerprint density at radius 1 is 1.31 bits per heavy atom. The van der Waals surface area contributed by atoms with Crippen LogP contribution < -0.4 is 10.9 Å². The quantitative estimate of drug-likeness (QED) is 0.425. The van der Waals surface area contributed by atoms with Gasteiger partial charge in [0.25, 0.3) is 11.2 Å². The molecule has 9 nitrogen and oxygen atoms in total. The van der Waals surface area contributed by atoms with Gasteiger partial charge < -0.3 is 10.1 Å². The molecule has 0 radical (unpaired) electrons. The first-order valence-electron chi connectivity index (χ1n) is 7.71. The molecule has 3 rings (SSSR count). The van der Waals surface area contributed by atoms with E-state index < -0.39 is 16.5 Å². The predicted molar refractivity (Wildman–Crippen MR) is 93.8 cm³/mol. The number of pyridine rings is 1. The SMILES string of the molecule is CCOC(=O)c1c(Nc2cccc([N+](=O)[O-])c2)nc2ccccn2c1=O. The summed E-state index contributed by atoms with van der Waals surface area (Å²) in [5, 5.41) is 13.7. The molecule has 2 heterocycles. The molecule has 0 saturated heterocycles. The first-order valence-corrected chi connectivity index (χ1v) is 7.71. The van der Waals surface area contributed by atoms with Gasteiger partial charge in [-0.1, -0.05) is 12.1 Å². The molecule has 9 heteroatoms. The topological polar surface area (TPSA) is 116 Å². The number of nitrogens with zero attached hydrogens (tertiary/aromatic N) is 3. The fourth-order valence-electron chi connectivity index (χ4n) is 2.40. The number of hydrogen-bond acceptors (Lipinski definition) is 7. The number of fused-ring (bicyclic) bond motifs is 1. The summed E-state index contributed by atoms with van der Waals surface area (Å²) in [6.07, 6.45) is 1.49. The zero-order chi connectivity index (χ0) is 18.7. The average molecular weight is 354 g/mol. The molecular formula is C17H14N4O5. The van der Waals surface area contributed by atoms with Gasteiger partial charge >= 0.3 is 5.97 Å². The molecule has 0 fully saturated rings. The molecule has 0 spiro atoms. The number of hydrogen-bond donors (Lipinski definition) is 1. The second kappa shape index (κ2) is 7.01. The Kier molecular flexibility index (Phi) is 4.61. The molecule has 0 atom stereocenters. The van der Waals surface area contributed by atoms with Crippen LogP contribution in [0.2, 0.25) is 0 Å². The average Bonchev–Trinajstić information content (AvgIpc) is 2.62. The fraction of sp³-hybridized carbons (Fsp3) is 0.118. The van der Waals surface area contributed by atoms with Crippen LogP contribution >= 0.6 is 0 Å². The minimum atomic E-state index is -0.823. The van der Waals surface area contributed by atoms with Crippen molar-refractivity contribution in [3.8, 4) is 0 Å². The van der Waals surface area contributed by atoms with Crippen LogP contribution in [0.3, 0.4) is 0 Å². The maximum absolute atomic E-state index is 12.7. The van der Waals surface area contributed by atoms with Crippen LogP contribution in [-0.2, 0) is 4.74 Å². The van der Waals surface area contributed by atoms with E-state index in [9.17, 15) is 19.7 Å². The number of nitro groups is 1. The van der Waals surface area contributed by atoms with E-state index in [1.807, 2.05) is 0 Å². The lowest BCUT2D eigenvalue weighted by Gasteiger charge is -2.12. The number of nitrogens with one attached hydrogen (secondary N) is 1. The van der Waals surface area contributed by atoms with Crippen molar-refractivity contribution >= 4 is 28.8 Å². The predicted octanol–water partition coefficient (Wildman–Crippen LogP) is 2.52. The summed E-state index contributed by atoms with van der Waals surface area (Å²) in [5.74, 6) is -0.851. The zero-order valence-electron chi connectivity index (χ0n) is 13.7. The van der Waals surface area contributed by atoms with E-state index in [4.69, 9.17) is 4.74 Å². The smallest absolute Gasteiger partial charge is 0.347 e. The Balaban J connectivity index is 2.16. The van der Waals surface area contributed by atoms with E-state index >= 15 is 0 Å². The molecule has 132 valence electrons. The number of carbonyl (C=O) groups is 1. The highest BCUT2D eigenvalue weighted by Gasteiger charge is 2.21. The van der Waals surface area contributed by atoms with E-state index in [2.05, 4.69) is 10.3 Å². The third kappa shape index (κ3) is 3.22. The maximum atomic E-state index is 12.7. The number of rotatable bonds is 5. The number of ether oxygens (including phenoxy) is 1. The van der Waals surface area contributed by atoms with Crippen molar-refractivity contribution in [2.45, 2.75) is 6.92 Å². The molecular weight excluding hydrogens is 340 g/mol. The Bertz CT molecular complexity index is 1060. The molecule has 26 heavy (non-hydrogen) atoms. The highest BCUT2D eigenvalue weighted by Crippen LogP contribution is 2.22. The monoisotopic (exact) mass is 354 g/mol. The largest absolute Gasteiger partial charge is 0.462 e. The van der Waals surface area contributed by atoms with E-state index in [0.717, 1.165) is 0 Å². The van der Waals surface area contributed by atoms with Gasteiger partial charge in [-0.3, -0.25) is 19.3 Å². The highest BCUT2D eigenvalue weighted by molar-refractivity contribution is 5.95. The number of carbonyl (C=O) groups excluding carboxylic acids is 1.